The highest BCUT2D eigenvalue weighted by Crippen LogP contribution is 2.42. The maximum absolute atomic E-state index is 4.02. The van der Waals surface area contributed by atoms with Crippen molar-refractivity contribution in [2.75, 3.05) is 7.05 Å². The molecule has 92 valence electrons. The Bertz CT molecular complexity index is 349. The van der Waals surface area contributed by atoms with Crippen molar-refractivity contribution in [3.05, 3.63) is 48.6 Å². The fourth-order valence-electron chi connectivity index (χ4n) is 3.35. The zero-order chi connectivity index (χ0) is 12.1. The second-order valence-electron chi connectivity index (χ2n) is 5.08. The number of rotatable bonds is 4. The van der Waals surface area contributed by atoms with Gasteiger partial charge in [-0.25, -0.2) is 0 Å². The third kappa shape index (κ3) is 2.30. The summed E-state index contributed by atoms with van der Waals surface area (Å²) in [6, 6.07) is 11.3. The van der Waals surface area contributed by atoms with Crippen LogP contribution in [0, 0.1) is 0 Å². The Labute approximate surface area is 105 Å². The van der Waals surface area contributed by atoms with E-state index in [-0.39, 0.29) is 5.41 Å². The predicted octanol–water partition coefficient (Wildman–Crippen LogP) is 3.66. The summed E-state index contributed by atoms with van der Waals surface area (Å²) in [7, 11) is 2.05. The number of likely N-dealkylation sites (N-methyl/N-ethyl adjacent to an activating group) is 1. The van der Waals surface area contributed by atoms with Crippen molar-refractivity contribution >= 4 is 0 Å². The molecule has 1 aliphatic rings. The van der Waals surface area contributed by atoms with Gasteiger partial charge in [-0.05, 0) is 25.5 Å². The first-order valence-electron chi connectivity index (χ1n) is 6.69. The van der Waals surface area contributed by atoms with Gasteiger partial charge in [0, 0.05) is 11.5 Å². The summed E-state index contributed by atoms with van der Waals surface area (Å²) in [4.78, 5) is 0. The maximum Gasteiger partial charge on any atom is 0.0342 e. The van der Waals surface area contributed by atoms with Crippen molar-refractivity contribution in [1.82, 2.24) is 5.32 Å². The smallest absolute Gasteiger partial charge is 0.0342 e. The van der Waals surface area contributed by atoms with Crippen molar-refractivity contribution in [1.29, 1.82) is 0 Å². The molecular formula is C16H23N. The summed E-state index contributed by atoms with van der Waals surface area (Å²) < 4.78 is 0. The van der Waals surface area contributed by atoms with Crippen LogP contribution in [0.5, 0.6) is 0 Å². The fourth-order valence-corrected chi connectivity index (χ4v) is 3.35. The second-order valence-corrected chi connectivity index (χ2v) is 5.08. The van der Waals surface area contributed by atoms with Crippen molar-refractivity contribution < 1.29 is 0 Å². The minimum absolute atomic E-state index is 0.260. The lowest BCUT2D eigenvalue weighted by Crippen LogP contribution is -2.47. The summed E-state index contributed by atoms with van der Waals surface area (Å²) in [6.45, 7) is 4.02. The predicted molar refractivity (Wildman–Crippen MR) is 74.2 cm³/mol. The third-order valence-electron chi connectivity index (χ3n) is 4.24. The molecule has 1 aromatic carbocycles. The van der Waals surface area contributed by atoms with E-state index in [1.165, 1.54) is 37.7 Å². The standard InChI is InChI=1S/C16H23N/c1-3-15(17-2)16(12-8-5-9-13-16)14-10-6-4-7-11-14/h3-4,6-7,10-11,15,17H,1,5,8-9,12-13H2,2H3. The van der Waals surface area contributed by atoms with Gasteiger partial charge in [0.05, 0.1) is 0 Å². The van der Waals surface area contributed by atoms with Crippen LogP contribution in [0.1, 0.15) is 37.7 Å². The van der Waals surface area contributed by atoms with E-state index in [2.05, 4.69) is 48.3 Å². The molecule has 1 saturated carbocycles. The molecule has 1 heteroatoms. The van der Waals surface area contributed by atoms with Gasteiger partial charge in [0.1, 0.15) is 0 Å². The lowest BCUT2D eigenvalue weighted by molar-refractivity contribution is 0.248. The molecule has 0 spiro atoms. The van der Waals surface area contributed by atoms with Gasteiger partial charge >= 0.3 is 0 Å². The average molecular weight is 229 g/mol. The minimum atomic E-state index is 0.260. The number of nitrogens with one attached hydrogen (secondary N) is 1. The third-order valence-corrected chi connectivity index (χ3v) is 4.24. The highest BCUT2D eigenvalue weighted by atomic mass is 14.9. The molecule has 0 bridgehead atoms. The van der Waals surface area contributed by atoms with Crippen LogP contribution >= 0.6 is 0 Å². The summed E-state index contributed by atoms with van der Waals surface area (Å²) >= 11 is 0. The number of benzene rings is 1. The maximum atomic E-state index is 4.02. The van der Waals surface area contributed by atoms with Gasteiger partial charge < -0.3 is 5.32 Å². The van der Waals surface area contributed by atoms with Crippen molar-refractivity contribution in [2.45, 2.75) is 43.6 Å². The van der Waals surface area contributed by atoms with Gasteiger partial charge in [-0.15, -0.1) is 6.58 Å². The van der Waals surface area contributed by atoms with Gasteiger partial charge in [0.2, 0.25) is 0 Å². The molecule has 1 fully saturated rings. The summed E-state index contributed by atoms with van der Waals surface area (Å²) in [5.74, 6) is 0. The average Bonchev–Trinajstić information content (AvgIpc) is 2.42. The zero-order valence-electron chi connectivity index (χ0n) is 10.8. The van der Waals surface area contributed by atoms with Gasteiger partial charge in [-0.3, -0.25) is 0 Å². The molecule has 0 aromatic heterocycles. The highest BCUT2D eigenvalue weighted by Gasteiger charge is 2.38. The first kappa shape index (κ1) is 12.4. The molecular weight excluding hydrogens is 206 g/mol. The largest absolute Gasteiger partial charge is 0.313 e. The van der Waals surface area contributed by atoms with E-state index in [1.807, 2.05) is 7.05 Å². The van der Waals surface area contributed by atoms with Crippen molar-refractivity contribution in [2.24, 2.45) is 0 Å². The van der Waals surface area contributed by atoms with E-state index >= 15 is 0 Å². The molecule has 0 saturated heterocycles. The fraction of sp³-hybridized carbons (Fsp3) is 0.500. The molecule has 0 radical (unpaired) electrons. The van der Waals surface area contributed by atoms with Crippen LogP contribution in [0.15, 0.2) is 43.0 Å². The molecule has 1 nitrogen and oxygen atoms in total. The Morgan fingerprint density at radius 1 is 1.18 bits per heavy atom. The van der Waals surface area contributed by atoms with Crippen LogP contribution in [0.2, 0.25) is 0 Å². The highest BCUT2D eigenvalue weighted by molar-refractivity contribution is 5.30. The molecule has 1 aliphatic carbocycles. The Morgan fingerprint density at radius 2 is 1.82 bits per heavy atom. The van der Waals surface area contributed by atoms with Gasteiger partial charge in [0.15, 0.2) is 0 Å². The topological polar surface area (TPSA) is 12.0 Å². The molecule has 1 unspecified atom stereocenters. The molecule has 1 aromatic rings. The molecule has 0 amide bonds. The Kier molecular flexibility index (Phi) is 4.01. The Morgan fingerprint density at radius 3 is 2.35 bits per heavy atom. The molecule has 17 heavy (non-hydrogen) atoms. The van der Waals surface area contributed by atoms with Crippen LogP contribution in [0.3, 0.4) is 0 Å². The quantitative estimate of drug-likeness (QED) is 0.777. The van der Waals surface area contributed by atoms with Crippen LogP contribution in [-0.4, -0.2) is 13.1 Å². The number of hydrogen-bond donors (Lipinski definition) is 1. The van der Waals surface area contributed by atoms with E-state index in [9.17, 15) is 0 Å². The van der Waals surface area contributed by atoms with E-state index in [4.69, 9.17) is 0 Å². The molecule has 1 N–H and O–H groups in total. The molecule has 0 heterocycles. The molecule has 1 atom stereocenters. The van der Waals surface area contributed by atoms with Crippen LogP contribution in [-0.2, 0) is 5.41 Å². The van der Waals surface area contributed by atoms with Crippen LogP contribution < -0.4 is 5.32 Å². The first-order valence-corrected chi connectivity index (χ1v) is 6.69. The minimum Gasteiger partial charge on any atom is -0.313 e. The lowest BCUT2D eigenvalue weighted by atomic mass is 9.65. The molecule has 0 aliphatic heterocycles. The monoisotopic (exact) mass is 229 g/mol. The summed E-state index contributed by atoms with van der Waals surface area (Å²) in [6.07, 6.45) is 8.67. The second kappa shape index (κ2) is 5.50. The van der Waals surface area contributed by atoms with Crippen molar-refractivity contribution in [3.63, 3.8) is 0 Å². The first-order chi connectivity index (χ1) is 8.33. The lowest BCUT2D eigenvalue weighted by Gasteiger charge is -2.43. The van der Waals surface area contributed by atoms with E-state index < -0.39 is 0 Å². The van der Waals surface area contributed by atoms with Gasteiger partial charge in [0.25, 0.3) is 0 Å². The summed E-state index contributed by atoms with van der Waals surface area (Å²) in [5.41, 5.74) is 1.73. The Hall–Kier alpha value is -1.08. The van der Waals surface area contributed by atoms with E-state index in [0.29, 0.717) is 6.04 Å². The normalized spacial score (nSPS) is 20.8. The van der Waals surface area contributed by atoms with Gasteiger partial charge in [-0.1, -0.05) is 55.7 Å². The summed E-state index contributed by atoms with van der Waals surface area (Å²) in [5, 5.41) is 3.44. The van der Waals surface area contributed by atoms with Gasteiger partial charge in [-0.2, -0.15) is 0 Å². The molecule has 2 rings (SSSR count). The van der Waals surface area contributed by atoms with Crippen LogP contribution in [0.25, 0.3) is 0 Å². The Balaban J connectivity index is 2.39. The van der Waals surface area contributed by atoms with E-state index in [1.54, 1.807) is 0 Å². The van der Waals surface area contributed by atoms with E-state index in [0.717, 1.165) is 0 Å². The van der Waals surface area contributed by atoms with Crippen LogP contribution in [0.4, 0.5) is 0 Å². The SMILES string of the molecule is C=CC(NC)C1(c2ccccc2)CCCCC1. The zero-order valence-corrected chi connectivity index (χ0v) is 10.8. The van der Waals surface area contributed by atoms with Crippen molar-refractivity contribution in [3.8, 4) is 0 Å². The number of hydrogen-bond acceptors (Lipinski definition) is 1.